The van der Waals surface area contributed by atoms with Crippen LogP contribution in [0.5, 0.6) is 0 Å². The minimum Gasteiger partial charge on any atom is -0.336 e. The number of nitrogens with two attached hydrogens (primary N) is 1. The number of sulfonamides is 1. The Hall–Kier alpha value is -1.65. The van der Waals surface area contributed by atoms with Crippen LogP contribution in [-0.2, 0) is 21.2 Å². The molecule has 1 amide bonds. The van der Waals surface area contributed by atoms with Gasteiger partial charge in [-0.25, -0.2) is 26.3 Å². The molecule has 2 bridgehead atoms. The topological polar surface area (TPSA) is 92.5 Å². The summed E-state index contributed by atoms with van der Waals surface area (Å²) in [6.45, 7) is -0.234. The van der Waals surface area contributed by atoms with E-state index in [9.17, 15) is 26.4 Å². The molecule has 0 radical (unpaired) electrons. The molecule has 4 rings (SSSR count). The molecule has 1 aliphatic carbocycles. The van der Waals surface area contributed by atoms with Crippen LogP contribution in [0.2, 0.25) is 0 Å². The van der Waals surface area contributed by atoms with Crippen molar-refractivity contribution in [2.45, 2.75) is 68.3 Å². The minimum absolute atomic E-state index is 0.0159. The monoisotopic (exact) mass is 445 g/mol. The number of piperidine rings is 1. The number of fused-ring (bicyclic) bond motifs is 2. The SMILES string of the molecule is N[C@H](Cc1cc(F)c(F)cc1F)C1C[C@H]2CC[C@@H](C1)N2C(=O)CNS(=O)(=O)C1CC1. The van der Waals surface area contributed by atoms with Crippen molar-refractivity contribution < 1.29 is 26.4 Å². The van der Waals surface area contributed by atoms with Crippen LogP contribution < -0.4 is 10.5 Å². The summed E-state index contributed by atoms with van der Waals surface area (Å²) in [4.78, 5) is 14.4. The van der Waals surface area contributed by atoms with E-state index in [-0.39, 0.29) is 47.7 Å². The number of hydrogen-bond donors (Lipinski definition) is 2. The largest absolute Gasteiger partial charge is 0.336 e. The second-order valence-corrected chi connectivity index (χ2v) is 10.8. The molecular formula is C20H26F3N3O3S. The number of amides is 1. The van der Waals surface area contributed by atoms with E-state index in [2.05, 4.69) is 4.72 Å². The first-order valence-electron chi connectivity index (χ1n) is 10.3. The standard InChI is InChI=1S/C20H26F3N3O3S/c21-16-9-18(23)17(22)7-11(16)8-19(24)12-5-13-1-2-14(6-12)26(13)20(27)10-25-30(28,29)15-3-4-15/h7,9,12-15,19,25H,1-6,8,10,24H2/t12?,13-,14+,19-/m1/s1. The van der Waals surface area contributed by atoms with E-state index in [0.717, 1.165) is 18.9 Å². The number of halogens is 3. The van der Waals surface area contributed by atoms with Crippen LogP contribution >= 0.6 is 0 Å². The average molecular weight is 446 g/mol. The Morgan fingerprint density at radius 3 is 2.27 bits per heavy atom. The van der Waals surface area contributed by atoms with Crippen molar-refractivity contribution in [3.05, 3.63) is 35.1 Å². The zero-order valence-corrected chi connectivity index (χ0v) is 17.3. The van der Waals surface area contributed by atoms with Crippen LogP contribution in [0, 0.1) is 23.4 Å². The molecular weight excluding hydrogens is 419 g/mol. The molecule has 6 nitrogen and oxygen atoms in total. The first-order chi connectivity index (χ1) is 14.2. The predicted octanol–water partition coefficient (Wildman–Crippen LogP) is 1.83. The summed E-state index contributed by atoms with van der Waals surface area (Å²) in [6.07, 6.45) is 4.24. The molecule has 2 heterocycles. The quantitative estimate of drug-likeness (QED) is 0.627. The first kappa shape index (κ1) is 21.6. The zero-order valence-electron chi connectivity index (χ0n) is 16.5. The van der Waals surface area contributed by atoms with Gasteiger partial charge in [0.2, 0.25) is 15.9 Å². The van der Waals surface area contributed by atoms with Gasteiger partial charge in [0, 0.05) is 24.2 Å². The third-order valence-electron chi connectivity index (χ3n) is 6.60. The summed E-state index contributed by atoms with van der Waals surface area (Å²) in [5, 5.41) is -0.373. The Bertz CT molecular complexity index is 925. The maximum atomic E-state index is 14.0. The van der Waals surface area contributed by atoms with Crippen molar-refractivity contribution in [1.82, 2.24) is 9.62 Å². The lowest BCUT2D eigenvalue weighted by atomic mass is 9.82. The Labute approximate surface area is 174 Å². The molecule has 3 fully saturated rings. The van der Waals surface area contributed by atoms with E-state index in [0.29, 0.717) is 31.7 Å². The molecule has 1 saturated carbocycles. The number of carbonyl (C=O) groups excluding carboxylic acids is 1. The maximum Gasteiger partial charge on any atom is 0.238 e. The van der Waals surface area contributed by atoms with Crippen LogP contribution in [0.3, 0.4) is 0 Å². The van der Waals surface area contributed by atoms with Crippen molar-refractivity contribution >= 4 is 15.9 Å². The summed E-state index contributed by atoms with van der Waals surface area (Å²) in [5.74, 6) is -3.37. The summed E-state index contributed by atoms with van der Waals surface area (Å²) >= 11 is 0. The van der Waals surface area contributed by atoms with E-state index in [1.165, 1.54) is 0 Å². The predicted molar refractivity (Wildman–Crippen MR) is 104 cm³/mol. The lowest BCUT2D eigenvalue weighted by Gasteiger charge is -2.41. The fourth-order valence-corrected chi connectivity index (χ4v) is 6.18. The lowest BCUT2D eigenvalue weighted by Crippen LogP contribution is -2.52. The summed E-state index contributed by atoms with van der Waals surface area (Å²) in [7, 11) is -3.42. The highest BCUT2D eigenvalue weighted by atomic mass is 32.2. The zero-order chi connectivity index (χ0) is 21.6. The molecule has 10 heteroatoms. The molecule has 3 aliphatic rings. The number of rotatable bonds is 7. The van der Waals surface area contributed by atoms with Gasteiger partial charge >= 0.3 is 0 Å². The van der Waals surface area contributed by atoms with E-state index < -0.39 is 33.5 Å². The van der Waals surface area contributed by atoms with Gasteiger partial charge in [0.1, 0.15) is 5.82 Å². The van der Waals surface area contributed by atoms with Gasteiger partial charge in [0.05, 0.1) is 11.8 Å². The number of benzene rings is 1. The summed E-state index contributed by atoms with van der Waals surface area (Å²) in [6, 6.07) is 0.868. The first-order valence-corrected chi connectivity index (χ1v) is 11.9. The molecule has 0 spiro atoms. The van der Waals surface area contributed by atoms with Crippen molar-refractivity contribution in [2.24, 2.45) is 11.7 Å². The fraction of sp³-hybridized carbons (Fsp3) is 0.650. The second kappa shape index (κ2) is 8.12. The summed E-state index contributed by atoms with van der Waals surface area (Å²) in [5.41, 5.74) is 6.33. The van der Waals surface area contributed by atoms with Gasteiger partial charge in [-0.05, 0) is 62.5 Å². The van der Waals surface area contributed by atoms with E-state index in [4.69, 9.17) is 5.73 Å². The van der Waals surface area contributed by atoms with Gasteiger partial charge in [0.25, 0.3) is 0 Å². The summed E-state index contributed by atoms with van der Waals surface area (Å²) < 4.78 is 66.9. The van der Waals surface area contributed by atoms with Crippen LogP contribution in [0.4, 0.5) is 13.2 Å². The van der Waals surface area contributed by atoms with Crippen molar-refractivity contribution in [1.29, 1.82) is 0 Å². The lowest BCUT2D eigenvalue weighted by molar-refractivity contribution is -0.135. The molecule has 2 aliphatic heterocycles. The van der Waals surface area contributed by atoms with E-state index in [1.807, 2.05) is 0 Å². The average Bonchev–Trinajstić information content (AvgIpc) is 3.50. The Kier molecular flexibility index (Phi) is 5.84. The van der Waals surface area contributed by atoms with Crippen molar-refractivity contribution in [2.75, 3.05) is 6.54 Å². The van der Waals surface area contributed by atoms with Crippen molar-refractivity contribution in [3.63, 3.8) is 0 Å². The molecule has 166 valence electrons. The second-order valence-electron chi connectivity index (χ2n) is 8.71. The molecule has 1 unspecified atom stereocenters. The van der Waals surface area contributed by atoms with E-state index in [1.54, 1.807) is 4.90 Å². The van der Waals surface area contributed by atoms with Gasteiger partial charge in [-0.3, -0.25) is 4.79 Å². The fourth-order valence-electron chi connectivity index (χ4n) is 4.87. The van der Waals surface area contributed by atoms with Crippen LogP contribution in [0.15, 0.2) is 12.1 Å². The number of nitrogens with one attached hydrogen (secondary N) is 1. The third-order valence-corrected chi connectivity index (χ3v) is 8.49. The van der Waals surface area contributed by atoms with Gasteiger partial charge in [-0.2, -0.15) is 0 Å². The van der Waals surface area contributed by atoms with Gasteiger partial charge < -0.3 is 10.6 Å². The molecule has 1 aromatic rings. The number of hydrogen-bond acceptors (Lipinski definition) is 4. The van der Waals surface area contributed by atoms with Crippen LogP contribution in [0.25, 0.3) is 0 Å². The number of carbonyl (C=O) groups is 1. The molecule has 0 aromatic heterocycles. The van der Waals surface area contributed by atoms with Gasteiger partial charge in [0.15, 0.2) is 11.6 Å². The maximum absolute atomic E-state index is 14.0. The third kappa shape index (κ3) is 4.36. The van der Waals surface area contributed by atoms with Gasteiger partial charge in [-0.15, -0.1) is 0 Å². The Morgan fingerprint density at radius 1 is 1.07 bits per heavy atom. The van der Waals surface area contributed by atoms with Gasteiger partial charge in [-0.1, -0.05) is 0 Å². The van der Waals surface area contributed by atoms with Crippen molar-refractivity contribution in [3.8, 4) is 0 Å². The molecule has 3 N–H and O–H groups in total. The Morgan fingerprint density at radius 2 is 1.67 bits per heavy atom. The highest BCUT2D eigenvalue weighted by Crippen LogP contribution is 2.40. The molecule has 1 aromatic carbocycles. The minimum atomic E-state index is -3.42. The number of nitrogens with zero attached hydrogens (tertiary/aromatic N) is 1. The highest BCUT2D eigenvalue weighted by Gasteiger charge is 2.45. The van der Waals surface area contributed by atoms with Crippen LogP contribution in [-0.4, -0.2) is 49.1 Å². The molecule has 4 atom stereocenters. The van der Waals surface area contributed by atoms with E-state index >= 15 is 0 Å². The van der Waals surface area contributed by atoms with Crippen LogP contribution in [0.1, 0.15) is 44.1 Å². The highest BCUT2D eigenvalue weighted by molar-refractivity contribution is 7.90. The smallest absolute Gasteiger partial charge is 0.238 e. The molecule has 2 saturated heterocycles. The normalized spacial score (nSPS) is 27.3. The Balaban J connectivity index is 1.36. The molecule has 30 heavy (non-hydrogen) atoms.